The summed E-state index contributed by atoms with van der Waals surface area (Å²) in [5.74, 6) is -0.0586. The lowest BCUT2D eigenvalue weighted by molar-refractivity contribution is 0.0951. The first-order valence-corrected chi connectivity index (χ1v) is 7.39. The van der Waals surface area contributed by atoms with Crippen molar-refractivity contribution in [1.82, 2.24) is 20.0 Å². The molecule has 0 radical (unpaired) electrons. The van der Waals surface area contributed by atoms with Gasteiger partial charge in [0.1, 0.15) is 11.5 Å². The van der Waals surface area contributed by atoms with E-state index in [9.17, 15) is 13.2 Å². The lowest BCUT2D eigenvalue weighted by Gasteiger charge is -2.06. The van der Waals surface area contributed by atoms with Gasteiger partial charge in [0.25, 0.3) is 5.91 Å². The molecule has 1 heterocycles. The summed E-state index contributed by atoms with van der Waals surface area (Å²) in [4.78, 5) is 19.6. The predicted molar refractivity (Wildman–Crippen MR) is 71.4 cm³/mol. The van der Waals surface area contributed by atoms with Crippen molar-refractivity contribution in [3.8, 4) is 0 Å². The Kier molecular flexibility index (Phi) is 5.64. The number of carbonyl (C=O) groups excluding carboxylic acids is 1. The van der Waals surface area contributed by atoms with Crippen LogP contribution in [0, 0.1) is 0 Å². The number of hydrogen-bond donors (Lipinski definition) is 3. The fourth-order valence-electron chi connectivity index (χ4n) is 1.21. The van der Waals surface area contributed by atoms with Gasteiger partial charge in [0, 0.05) is 13.1 Å². The molecule has 19 heavy (non-hydrogen) atoms. The fourth-order valence-corrected chi connectivity index (χ4v) is 1.78. The monoisotopic (exact) mass is 287 g/mol. The third-order valence-corrected chi connectivity index (χ3v) is 3.57. The third-order valence-electron chi connectivity index (χ3n) is 2.21. The van der Waals surface area contributed by atoms with E-state index in [0.29, 0.717) is 12.4 Å². The molecule has 0 bridgehead atoms. The minimum Gasteiger partial charge on any atom is -0.369 e. The Bertz CT molecular complexity index is 514. The normalized spacial score (nSPS) is 11.1. The van der Waals surface area contributed by atoms with E-state index < -0.39 is 15.9 Å². The molecule has 1 rings (SSSR count). The SMILES string of the molecule is CCNc1cnc(C(=O)NCCS(=O)(=O)NC)cn1. The van der Waals surface area contributed by atoms with Crippen LogP contribution in [0.15, 0.2) is 12.4 Å². The molecule has 0 spiro atoms. The van der Waals surface area contributed by atoms with Crippen LogP contribution in [0.3, 0.4) is 0 Å². The number of anilines is 1. The summed E-state index contributed by atoms with van der Waals surface area (Å²) in [6.45, 7) is 2.64. The molecule has 0 saturated carbocycles. The Balaban J connectivity index is 2.50. The number of sulfonamides is 1. The van der Waals surface area contributed by atoms with Crippen molar-refractivity contribution < 1.29 is 13.2 Å². The lowest BCUT2D eigenvalue weighted by atomic mass is 10.4. The number of amides is 1. The maximum Gasteiger partial charge on any atom is 0.271 e. The van der Waals surface area contributed by atoms with Crippen LogP contribution in [0.4, 0.5) is 5.82 Å². The van der Waals surface area contributed by atoms with E-state index in [1.54, 1.807) is 0 Å². The highest BCUT2D eigenvalue weighted by molar-refractivity contribution is 7.89. The Morgan fingerprint density at radius 1 is 1.32 bits per heavy atom. The summed E-state index contributed by atoms with van der Waals surface area (Å²) >= 11 is 0. The average Bonchev–Trinajstić information content (AvgIpc) is 2.39. The minimum absolute atomic E-state index is 0.0125. The van der Waals surface area contributed by atoms with Crippen molar-refractivity contribution in [3.05, 3.63) is 18.1 Å². The van der Waals surface area contributed by atoms with Crippen molar-refractivity contribution in [2.75, 3.05) is 31.2 Å². The zero-order valence-corrected chi connectivity index (χ0v) is 11.6. The van der Waals surface area contributed by atoms with Gasteiger partial charge >= 0.3 is 0 Å². The minimum atomic E-state index is -3.32. The Morgan fingerprint density at radius 2 is 2.05 bits per heavy atom. The molecule has 0 fully saturated rings. The van der Waals surface area contributed by atoms with Gasteiger partial charge in [-0.1, -0.05) is 0 Å². The van der Waals surface area contributed by atoms with E-state index in [-0.39, 0.29) is 18.0 Å². The molecule has 0 saturated heterocycles. The highest BCUT2D eigenvalue weighted by Crippen LogP contribution is 2.00. The maximum atomic E-state index is 11.6. The molecule has 0 aromatic carbocycles. The highest BCUT2D eigenvalue weighted by Gasteiger charge is 2.10. The molecule has 3 N–H and O–H groups in total. The molecule has 1 amide bonds. The summed E-state index contributed by atoms with van der Waals surface area (Å²) in [6.07, 6.45) is 2.78. The van der Waals surface area contributed by atoms with Gasteiger partial charge in [-0.25, -0.2) is 23.1 Å². The van der Waals surface area contributed by atoms with Crippen LogP contribution in [0.5, 0.6) is 0 Å². The first-order valence-electron chi connectivity index (χ1n) is 5.74. The smallest absolute Gasteiger partial charge is 0.271 e. The third kappa shape index (κ3) is 5.18. The van der Waals surface area contributed by atoms with Crippen LogP contribution < -0.4 is 15.4 Å². The van der Waals surface area contributed by atoms with Crippen molar-refractivity contribution >= 4 is 21.7 Å². The zero-order valence-electron chi connectivity index (χ0n) is 10.8. The summed E-state index contributed by atoms with van der Waals surface area (Å²) in [5, 5.41) is 5.41. The van der Waals surface area contributed by atoms with Crippen LogP contribution in [0.2, 0.25) is 0 Å². The van der Waals surface area contributed by atoms with E-state index in [2.05, 4.69) is 25.3 Å². The van der Waals surface area contributed by atoms with Gasteiger partial charge in [0.15, 0.2) is 0 Å². The van der Waals surface area contributed by atoms with Gasteiger partial charge in [-0.05, 0) is 14.0 Å². The van der Waals surface area contributed by atoms with Crippen LogP contribution in [0.25, 0.3) is 0 Å². The maximum absolute atomic E-state index is 11.6. The molecular weight excluding hydrogens is 270 g/mol. The summed E-state index contributed by atoms with van der Waals surface area (Å²) in [5.41, 5.74) is 0.142. The van der Waals surface area contributed by atoms with Crippen molar-refractivity contribution in [1.29, 1.82) is 0 Å². The van der Waals surface area contributed by atoms with E-state index >= 15 is 0 Å². The second-order valence-corrected chi connectivity index (χ2v) is 5.64. The molecule has 9 heteroatoms. The van der Waals surface area contributed by atoms with Gasteiger partial charge in [-0.15, -0.1) is 0 Å². The van der Waals surface area contributed by atoms with Crippen LogP contribution >= 0.6 is 0 Å². The Labute approximate surface area is 112 Å². The molecule has 1 aromatic rings. The highest BCUT2D eigenvalue weighted by atomic mass is 32.2. The van der Waals surface area contributed by atoms with E-state index in [0.717, 1.165) is 0 Å². The topological polar surface area (TPSA) is 113 Å². The average molecular weight is 287 g/mol. The molecule has 0 aliphatic carbocycles. The molecule has 8 nitrogen and oxygen atoms in total. The van der Waals surface area contributed by atoms with Crippen molar-refractivity contribution in [2.24, 2.45) is 0 Å². The zero-order chi connectivity index (χ0) is 14.3. The molecule has 0 unspecified atom stereocenters. The number of nitrogens with one attached hydrogen (secondary N) is 3. The van der Waals surface area contributed by atoms with Crippen LogP contribution in [-0.4, -0.2) is 50.2 Å². The van der Waals surface area contributed by atoms with Gasteiger partial charge in [-0.2, -0.15) is 0 Å². The quantitative estimate of drug-likeness (QED) is 0.604. The molecule has 0 atom stereocenters. The van der Waals surface area contributed by atoms with Crippen LogP contribution in [0.1, 0.15) is 17.4 Å². The number of nitrogens with zero attached hydrogens (tertiary/aromatic N) is 2. The van der Waals surface area contributed by atoms with Crippen molar-refractivity contribution in [3.63, 3.8) is 0 Å². The van der Waals surface area contributed by atoms with Crippen LogP contribution in [-0.2, 0) is 10.0 Å². The van der Waals surface area contributed by atoms with E-state index in [4.69, 9.17) is 0 Å². The molecule has 106 valence electrons. The van der Waals surface area contributed by atoms with E-state index in [1.165, 1.54) is 19.4 Å². The fraction of sp³-hybridized carbons (Fsp3) is 0.500. The van der Waals surface area contributed by atoms with E-state index in [1.807, 2.05) is 6.92 Å². The lowest BCUT2D eigenvalue weighted by Crippen LogP contribution is -2.33. The van der Waals surface area contributed by atoms with Gasteiger partial charge in [0.2, 0.25) is 10.0 Å². The summed E-state index contributed by atoms with van der Waals surface area (Å²) in [6, 6.07) is 0. The number of rotatable bonds is 7. The Hall–Kier alpha value is -1.74. The first kappa shape index (κ1) is 15.3. The summed E-state index contributed by atoms with van der Waals surface area (Å²) in [7, 11) is -2.00. The molecule has 1 aromatic heterocycles. The largest absolute Gasteiger partial charge is 0.369 e. The second-order valence-electron chi connectivity index (χ2n) is 3.60. The molecule has 0 aliphatic rings. The standard InChI is InChI=1S/C10H17N5O3S/c1-3-12-9-7-14-8(6-15-9)10(16)13-4-5-19(17,18)11-2/h6-7,11H,3-5H2,1-2H3,(H,12,15)(H,13,16). The first-order chi connectivity index (χ1) is 8.98. The number of hydrogen-bond acceptors (Lipinski definition) is 6. The second kappa shape index (κ2) is 7.00. The predicted octanol–water partition coefficient (Wildman–Crippen LogP) is -0.813. The summed E-state index contributed by atoms with van der Waals surface area (Å²) < 4.78 is 24.4. The van der Waals surface area contributed by atoms with Crippen molar-refractivity contribution in [2.45, 2.75) is 6.92 Å². The Morgan fingerprint density at radius 3 is 2.58 bits per heavy atom. The molecular formula is C10H17N5O3S. The van der Waals surface area contributed by atoms with Gasteiger partial charge in [-0.3, -0.25) is 4.79 Å². The number of carbonyl (C=O) groups is 1. The molecule has 0 aliphatic heterocycles. The number of aromatic nitrogens is 2. The van der Waals surface area contributed by atoms with Gasteiger partial charge < -0.3 is 10.6 Å². The van der Waals surface area contributed by atoms with Gasteiger partial charge in [0.05, 0.1) is 18.1 Å².